The molecule has 2 amide bonds. The molecule has 0 aromatic heterocycles. The van der Waals surface area contributed by atoms with Crippen molar-refractivity contribution in [2.45, 2.75) is 18.7 Å². The zero-order chi connectivity index (χ0) is 24.7. The number of rotatable bonds is 8. The summed E-state index contributed by atoms with van der Waals surface area (Å²) in [6.45, 7) is 3.76. The van der Waals surface area contributed by atoms with E-state index in [1.807, 2.05) is 6.92 Å². The number of hydrogen-bond donors (Lipinski definition) is 3. The van der Waals surface area contributed by atoms with Gasteiger partial charge in [0.15, 0.2) is 5.78 Å². The minimum Gasteiger partial charge on any atom is -0.494 e. The van der Waals surface area contributed by atoms with Gasteiger partial charge in [-0.2, -0.15) is 0 Å². The summed E-state index contributed by atoms with van der Waals surface area (Å²) < 4.78 is 32.8. The first kappa shape index (κ1) is 24.5. The van der Waals surface area contributed by atoms with E-state index >= 15 is 0 Å². The molecule has 3 aromatic carbocycles. The first-order valence-corrected chi connectivity index (χ1v) is 11.8. The van der Waals surface area contributed by atoms with Gasteiger partial charge in [0.05, 0.1) is 11.5 Å². The van der Waals surface area contributed by atoms with E-state index in [0.717, 1.165) is 0 Å². The monoisotopic (exact) mass is 481 g/mol. The number of amides is 2. The largest absolute Gasteiger partial charge is 0.494 e. The van der Waals surface area contributed by atoms with Crippen molar-refractivity contribution < 1.29 is 27.5 Å². The molecule has 0 saturated carbocycles. The number of sulfonamides is 1. The molecular weight excluding hydrogens is 458 g/mol. The van der Waals surface area contributed by atoms with Gasteiger partial charge in [-0.1, -0.05) is 12.1 Å². The Kier molecular flexibility index (Phi) is 7.64. The molecule has 0 aliphatic heterocycles. The highest BCUT2D eigenvalue weighted by Crippen LogP contribution is 2.18. The molecule has 176 valence electrons. The van der Waals surface area contributed by atoms with Gasteiger partial charge >= 0.3 is 0 Å². The van der Waals surface area contributed by atoms with Crippen LogP contribution in [0.25, 0.3) is 0 Å². The van der Waals surface area contributed by atoms with Gasteiger partial charge < -0.3 is 4.74 Å². The third-order valence-corrected chi connectivity index (χ3v) is 6.08. The van der Waals surface area contributed by atoms with Gasteiger partial charge in [-0.05, 0) is 74.5 Å². The number of ketones is 1. The Morgan fingerprint density at radius 1 is 0.735 bits per heavy atom. The van der Waals surface area contributed by atoms with Crippen molar-refractivity contribution >= 4 is 33.3 Å². The second kappa shape index (κ2) is 10.6. The number of hydrazine groups is 1. The second-order valence-electron chi connectivity index (χ2n) is 7.13. The molecule has 0 bridgehead atoms. The molecule has 0 aliphatic carbocycles. The molecule has 0 unspecified atom stereocenters. The van der Waals surface area contributed by atoms with Crippen LogP contribution < -0.4 is 20.3 Å². The van der Waals surface area contributed by atoms with Gasteiger partial charge in [0.2, 0.25) is 0 Å². The number of Topliss-reactive ketones (excluding diaryl/α,β-unsaturated/α-hetero) is 1. The van der Waals surface area contributed by atoms with E-state index in [1.54, 1.807) is 24.3 Å². The van der Waals surface area contributed by atoms with E-state index in [1.165, 1.54) is 55.5 Å². The van der Waals surface area contributed by atoms with E-state index < -0.39 is 21.8 Å². The second-order valence-corrected chi connectivity index (χ2v) is 8.81. The molecule has 34 heavy (non-hydrogen) atoms. The minimum atomic E-state index is -3.88. The Labute approximate surface area is 197 Å². The molecule has 10 heteroatoms. The number of carbonyl (C=O) groups excluding carboxylic acids is 3. The number of carbonyl (C=O) groups is 3. The first-order valence-electron chi connectivity index (χ1n) is 10.3. The fourth-order valence-electron chi connectivity index (χ4n) is 2.90. The highest BCUT2D eigenvalue weighted by atomic mass is 32.2. The summed E-state index contributed by atoms with van der Waals surface area (Å²) in [5.41, 5.74) is 5.82. The van der Waals surface area contributed by atoms with Crippen LogP contribution in [0.4, 0.5) is 5.69 Å². The summed E-state index contributed by atoms with van der Waals surface area (Å²) in [5.74, 6) is -0.613. The maximum atomic E-state index is 12.5. The lowest BCUT2D eigenvalue weighted by atomic mass is 10.2. The van der Waals surface area contributed by atoms with Crippen molar-refractivity contribution in [1.82, 2.24) is 10.9 Å². The minimum absolute atomic E-state index is 0.00341. The molecule has 3 rings (SSSR count). The predicted octanol–water partition coefficient (Wildman–Crippen LogP) is 3.16. The summed E-state index contributed by atoms with van der Waals surface area (Å²) in [6, 6.07) is 17.7. The Bertz CT molecular complexity index is 1290. The van der Waals surface area contributed by atoms with E-state index in [-0.39, 0.29) is 21.9 Å². The smallest absolute Gasteiger partial charge is 0.269 e. The fraction of sp³-hybridized carbons (Fsp3) is 0.125. The van der Waals surface area contributed by atoms with Crippen molar-refractivity contribution in [1.29, 1.82) is 0 Å². The van der Waals surface area contributed by atoms with Gasteiger partial charge in [-0.15, -0.1) is 0 Å². The first-order chi connectivity index (χ1) is 16.2. The average Bonchev–Trinajstić information content (AvgIpc) is 2.83. The lowest BCUT2D eigenvalue weighted by Crippen LogP contribution is -2.41. The topological polar surface area (TPSA) is 131 Å². The molecule has 0 aliphatic rings. The zero-order valence-electron chi connectivity index (χ0n) is 18.5. The predicted molar refractivity (Wildman–Crippen MR) is 126 cm³/mol. The van der Waals surface area contributed by atoms with Gasteiger partial charge in [0, 0.05) is 22.4 Å². The lowest BCUT2D eigenvalue weighted by molar-refractivity contribution is 0.0846. The molecule has 3 aromatic rings. The van der Waals surface area contributed by atoms with Crippen LogP contribution in [0.1, 0.15) is 44.9 Å². The fourth-order valence-corrected chi connectivity index (χ4v) is 3.96. The van der Waals surface area contributed by atoms with E-state index in [2.05, 4.69) is 15.6 Å². The van der Waals surface area contributed by atoms with E-state index in [9.17, 15) is 22.8 Å². The van der Waals surface area contributed by atoms with Gasteiger partial charge in [-0.25, -0.2) is 8.42 Å². The van der Waals surface area contributed by atoms with Crippen molar-refractivity contribution in [3.8, 4) is 5.75 Å². The standard InChI is InChI=1S/C24H23N3O6S/c1-3-33-21-12-6-19(7-13-21)24(30)26-25-23(29)18-4-10-20(11-5-18)27-34(31,32)22-14-8-17(9-15-22)16(2)28/h4-15,27H,3H2,1-2H3,(H,25,29)(H,26,30). The van der Waals surface area contributed by atoms with Crippen LogP contribution in [0.15, 0.2) is 77.7 Å². The van der Waals surface area contributed by atoms with Gasteiger partial charge in [-0.3, -0.25) is 30.0 Å². The number of hydrogen-bond acceptors (Lipinski definition) is 6. The molecule has 0 atom stereocenters. The third-order valence-electron chi connectivity index (χ3n) is 4.69. The number of nitrogens with one attached hydrogen (secondary N) is 3. The molecule has 0 saturated heterocycles. The highest BCUT2D eigenvalue weighted by Gasteiger charge is 2.15. The molecule has 9 nitrogen and oxygen atoms in total. The van der Waals surface area contributed by atoms with Crippen molar-refractivity contribution in [2.75, 3.05) is 11.3 Å². The van der Waals surface area contributed by atoms with Crippen molar-refractivity contribution in [3.63, 3.8) is 0 Å². The molecule has 0 radical (unpaired) electrons. The molecule has 0 fully saturated rings. The quantitative estimate of drug-likeness (QED) is 0.335. The zero-order valence-corrected chi connectivity index (χ0v) is 19.3. The van der Waals surface area contributed by atoms with E-state index in [0.29, 0.717) is 23.5 Å². The number of anilines is 1. The molecular formula is C24H23N3O6S. The van der Waals surface area contributed by atoms with Crippen LogP contribution >= 0.6 is 0 Å². The third kappa shape index (κ3) is 6.20. The van der Waals surface area contributed by atoms with Crippen LogP contribution in [0, 0.1) is 0 Å². The SMILES string of the molecule is CCOc1ccc(C(=O)NNC(=O)c2ccc(NS(=O)(=O)c3ccc(C(C)=O)cc3)cc2)cc1. The summed E-state index contributed by atoms with van der Waals surface area (Å²) >= 11 is 0. The summed E-state index contributed by atoms with van der Waals surface area (Å²) in [5, 5.41) is 0. The van der Waals surface area contributed by atoms with Crippen molar-refractivity contribution in [2.24, 2.45) is 0 Å². The highest BCUT2D eigenvalue weighted by molar-refractivity contribution is 7.92. The summed E-state index contributed by atoms with van der Waals surface area (Å²) in [7, 11) is -3.88. The Hall–Kier alpha value is -4.18. The summed E-state index contributed by atoms with van der Waals surface area (Å²) in [4.78, 5) is 35.8. The summed E-state index contributed by atoms with van der Waals surface area (Å²) in [6.07, 6.45) is 0. The maximum Gasteiger partial charge on any atom is 0.269 e. The molecule has 3 N–H and O–H groups in total. The van der Waals surface area contributed by atoms with Crippen LogP contribution in [0.5, 0.6) is 5.75 Å². The van der Waals surface area contributed by atoms with Gasteiger partial charge in [0.1, 0.15) is 5.75 Å². The average molecular weight is 482 g/mol. The molecule has 0 heterocycles. The maximum absolute atomic E-state index is 12.5. The normalized spacial score (nSPS) is 10.8. The number of ether oxygens (including phenoxy) is 1. The lowest BCUT2D eigenvalue weighted by Gasteiger charge is -2.10. The Morgan fingerprint density at radius 3 is 1.68 bits per heavy atom. The molecule has 0 spiro atoms. The van der Waals surface area contributed by atoms with E-state index in [4.69, 9.17) is 4.74 Å². The Morgan fingerprint density at radius 2 is 1.21 bits per heavy atom. The van der Waals surface area contributed by atoms with Gasteiger partial charge in [0.25, 0.3) is 21.8 Å². The Balaban J connectivity index is 1.58. The van der Waals surface area contributed by atoms with Crippen molar-refractivity contribution in [3.05, 3.63) is 89.5 Å². The number of benzene rings is 3. The van der Waals surface area contributed by atoms with Crippen LogP contribution in [0.3, 0.4) is 0 Å². The van der Waals surface area contributed by atoms with Crippen LogP contribution in [0.2, 0.25) is 0 Å². The van der Waals surface area contributed by atoms with Crippen LogP contribution in [-0.4, -0.2) is 32.6 Å². The van der Waals surface area contributed by atoms with Crippen LogP contribution in [-0.2, 0) is 10.0 Å².